The molecule has 0 N–H and O–H groups in total. The molecule has 0 aliphatic carbocycles. The third-order valence-electron chi connectivity index (χ3n) is 3.35. The summed E-state index contributed by atoms with van der Waals surface area (Å²) < 4.78 is 27.8. The molecule has 0 saturated carbocycles. The molecule has 0 spiro atoms. The summed E-state index contributed by atoms with van der Waals surface area (Å²) in [5, 5.41) is 0. The lowest BCUT2D eigenvalue weighted by atomic mass is 9.97. The van der Waals surface area contributed by atoms with Gasteiger partial charge in [0, 0.05) is 18.2 Å². The molecule has 0 aromatic carbocycles. The molecule has 1 atom stereocenters. The van der Waals surface area contributed by atoms with Gasteiger partial charge in [-0.1, -0.05) is 39.3 Å². The topological polar surface area (TPSA) is 12.4 Å². The molecule has 3 heteroatoms. The van der Waals surface area contributed by atoms with Crippen LogP contribution in [-0.2, 0) is 0 Å². The quantitative estimate of drug-likeness (QED) is 0.417. The molecular weight excluding hydrogens is 256 g/mol. The molecule has 0 radical (unpaired) electrons. The number of halogens is 2. The van der Waals surface area contributed by atoms with Gasteiger partial charge in [-0.05, 0) is 39.0 Å². The molecular formula is C17H29F2N. The SMILES string of the molecule is CCC(C)/C(C)=N/C(=C(\C=C(C)C)C(C)(F)F)C(C)C. The van der Waals surface area contributed by atoms with Crippen molar-refractivity contribution in [1.82, 2.24) is 0 Å². The van der Waals surface area contributed by atoms with E-state index in [1.54, 1.807) is 6.08 Å². The average molecular weight is 285 g/mol. The third-order valence-corrected chi connectivity index (χ3v) is 3.35. The summed E-state index contributed by atoms with van der Waals surface area (Å²) in [5.41, 5.74) is 2.31. The minimum atomic E-state index is -2.88. The van der Waals surface area contributed by atoms with Gasteiger partial charge in [0.05, 0.1) is 5.70 Å². The zero-order valence-corrected chi connectivity index (χ0v) is 14.1. The first kappa shape index (κ1) is 19.0. The van der Waals surface area contributed by atoms with E-state index in [-0.39, 0.29) is 11.5 Å². The van der Waals surface area contributed by atoms with Crippen LogP contribution in [0, 0.1) is 11.8 Å². The number of allylic oxidation sites excluding steroid dienone is 4. The fourth-order valence-corrected chi connectivity index (χ4v) is 1.81. The predicted molar refractivity (Wildman–Crippen MR) is 84.5 cm³/mol. The van der Waals surface area contributed by atoms with Crippen molar-refractivity contribution < 1.29 is 8.78 Å². The normalized spacial score (nSPS) is 16.1. The highest BCUT2D eigenvalue weighted by Crippen LogP contribution is 2.32. The van der Waals surface area contributed by atoms with Crippen molar-refractivity contribution in [1.29, 1.82) is 0 Å². The van der Waals surface area contributed by atoms with Crippen molar-refractivity contribution in [2.75, 3.05) is 0 Å². The first-order valence-electron chi connectivity index (χ1n) is 7.33. The lowest BCUT2D eigenvalue weighted by molar-refractivity contribution is 0.0655. The maximum atomic E-state index is 13.9. The summed E-state index contributed by atoms with van der Waals surface area (Å²) in [4.78, 5) is 4.54. The van der Waals surface area contributed by atoms with Gasteiger partial charge in [0.1, 0.15) is 0 Å². The Kier molecular flexibility index (Phi) is 7.32. The van der Waals surface area contributed by atoms with Crippen LogP contribution in [0.15, 0.2) is 27.9 Å². The van der Waals surface area contributed by atoms with Crippen LogP contribution in [0.4, 0.5) is 8.78 Å². The van der Waals surface area contributed by atoms with Crippen LogP contribution in [-0.4, -0.2) is 11.6 Å². The van der Waals surface area contributed by atoms with E-state index in [2.05, 4.69) is 18.8 Å². The molecule has 0 saturated heterocycles. The lowest BCUT2D eigenvalue weighted by Crippen LogP contribution is -2.18. The Morgan fingerprint density at radius 3 is 1.95 bits per heavy atom. The highest BCUT2D eigenvalue weighted by Gasteiger charge is 2.30. The Morgan fingerprint density at radius 1 is 1.15 bits per heavy atom. The average Bonchev–Trinajstić information content (AvgIpc) is 2.30. The van der Waals surface area contributed by atoms with Gasteiger partial charge < -0.3 is 0 Å². The van der Waals surface area contributed by atoms with Gasteiger partial charge in [0.2, 0.25) is 0 Å². The van der Waals surface area contributed by atoms with Crippen LogP contribution in [0.2, 0.25) is 0 Å². The highest BCUT2D eigenvalue weighted by atomic mass is 19.3. The number of aliphatic imine (C=N–C) groups is 1. The van der Waals surface area contributed by atoms with Gasteiger partial charge in [0.15, 0.2) is 0 Å². The van der Waals surface area contributed by atoms with Crippen molar-refractivity contribution in [3.05, 3.63) is 22.9 Å². The van der Waals surface area contributed by atoms with Gasteiger partial charge in [-0.2, -0.15) is 0 Å². The molecule has 1 unspecified atom stereocenters. The monoisotopic (exact) mass is 285 g/mol. The Labute approximate surface area is 122 Å². The maximum absolute atomic E-state index is 13.9. The fourth-order valence-electron chi connectivity index (χ4n) is 1.81. The Bertz CT molecular complexity index is 405. The minimum absolute atomic E-state index is 0.0366. The summed E-state index contributed by atoms with van der Waals surface area (Å²) in [6.07, 6.45) is 2.52. The highest BCUT2D eigenvalue weighted by molar-refractivity contribution is 5.85. The van der Waals surface area contributed by atoms with Crippen LogP contribution in [0.25, 0.3) is 0 Å². The van der Waals surface area contributed by atoms with Gasteiger partial charge in [0.25, 0.3) is 5.92 Å². The fraction of sp³-hybridized carbons (Fsp3) is 0.706. The van der Waals surface area contributed by atoms with E-state index in [0.29, 0.717) is 11.6 Å². The van der Waals surface area contributed by atoms with Crippen LogP contribution >= 0.6 is 0 Å². The zero-order valence-electron chi connectivity index (χ0n) is 14.1. The third kappa shape index (κ3) is 5.98. The van der Waals surface area contributed by atoms with Crippen LogP contribution in [0.1, 0.15) is 61.8 Å². The van der Waals surface area contributed by atoms with Crippen molar-refractivity contribution >= 4 is 5.71 Å². The van der Waals surface area contributed by atoms with Crippen molar-refractivity contribution in [3.63, 3.8) is 0 Å². The van der Waals surface area contributed by atoms with E-state index in [4.69, 9.17) is 0 Å². The second kappa shape index (κ2) is 7.70. The first-order valence-corrected chi connectivity index (χ1v) is 7.33. The molecule has 0 aromatic heterocycles. The van der Waals surface area contributed by atoms with Gasteiger partial charge in [-0.3, -0.25) is 4.99 Å². The molecule has 0 fully saturated rings. The van der Waals surface area contributed by atoms with E-state index in [0.717, 1.165) is 24.6 Å². The molecule has 116 valence electrons. The maximum Gasteiger partial charge on any atom is 0.272 e. The molecule has 0 aromatic rings. The van der Waals surface area contributed by atoms with E-state index in [1.165, 1.54) is 0 Å². The number of hydrogen-bond acceptors (Lipinski definition) is 1. The lowest BCUT2D eigenvalue weighted by Gasteiger charge is -2.20. The molecule has 1 nitrogen and oxygen atoms in total. The predicted octanol–water partition coefficient (Wildman–Crippen LogP) is 6.02. The summed E-state index contributed by atoms with van der Waals surface area (Å²) in [6, 6.07) is 0. The number of hydrogen-bond donors (Lipinski definition) is 0. The molecule has 0 aliphatic rings. The van der Waals surface area contributed by atoms with Crippen LogP contribution in [0.5, 0.6) is 0 Å². The van der Waals surface area contributed by atoms with E-state index in [9.17, 15) is 8.78 Å². The van der Waals surface area contributed by atoms with E-state index in [1.807, 2.05) is 34.6 Å². The second-order valence-corrected chi connectivity index (χ2v) is 6.13. The molecule has 20 heavy (non-hydrogen) atoms. The Hall–Kier alpha value is -0.990. The molecule has 0 amide bonds. The zero-order chi connectivity index (χ0) is 16.1. The van der Waals surface area contributed by atoms with Crippen LogP contribution < -0.4 is 0 Å². The number of alkyl halides is 2. The van der Waals surface area contributed by atoms with Gasteiger partial charge in [-0.25, -0.2) is 8.78 Å². The Morgan fingerprint density at radius 2 is 1.65 bits per heavy atom. The minimum Gasteiger partial charge on any atom is -0.261 e. The van der Waals surface area contributed by atoms with E-state index >= 15 is 0 Å². The smallest absolute Gasteiger partial charge is 0.261 e. The van der Waals surface area contributed by atoms with E-state index < -0.39 is 5.92 Å². The summed E-state index contributed by atoms with van der Waals surface area (Å²) >= 11 is 0. The Balaban J connectivity index is 6.06. The molecule has 0 bridgehead atoms. The van der Waals surface area contributed by atoms with Crippen molar-refractivity contribution in [2.45, 2.75) is 67.7 Å². The van der Waals surface area contributed by atoms with Crippen molar-refractivity contribution in [3.8, 4) is 0 Å². The second-order valence-electron chi connectivity index (χ2n) is 6.13. The molecule has 0 aliphatic heterocycles. The number of nitrogens with zero attached hydrogens (tertiary/aromatic N) is 1. The molecule has 0 rings (SSSR count). The molecule has 0 heterocycles. The van der Waals surface area contributed by atoms with Gasteiger partial charge >= 0.3 is 0 Å². The summed E-state index contributed by atoms with van der Waals surface area (Å²) in [7, 11) is 0. The van der Waals surface area contributed by atoms with Gasteiger partial charge in [-0.15, -0.1) is 0 Å². The number of rotatable bonds is 6. The van der Waals surface area contributed by atoms with Crippen molar-refractivity contribution in [2.24, 2.45) is 16.8 Å². The van der Waals surface area contributed by atoms with Crippen LogP contribution in [0.3, 0.4) is 0 Å². The summed E-state index contributed by atoms with van der Waals surface area (Å²) in [6.45, 7) is 14.5. The largest absolute Gasteiger partial charge is 0.272 e. The standard InChI is InChI=1S/C17H29F2N/c1-9-13(6)14(7)20-16(12(4)5)15(10-11(2)3)17(8,18)19/h10,12-13H,9H2,1-8H3/b16-15+,20-14+. The first-order chi connectivity index (χ1) is 9.00. The summed E-state index contributed by atoms with van der Waals surface area (Å²) in [5.74, 6) is -2.61.